The van der Waals surface area contributed by atoms with Gasteiger partial charge in [-0.15, -0.1) is 0 Å². The van der Waals surface area contributed by atoms with E-state index in [1.807, 2.05) is 18.3 Å². The molecule has 28 heavy (non-hydrogen) atoms. The van der Waals surface area contributed by atoms with Gasteiger partial charge in [-0.05, 0) is 53.9 Å². The van der Waals surface area contributed by atoms with Gasteiger partial charge in [0.05, 0.1) is 17.8 Å². The van der Waals surface area contributed by atoms with Gasteiger partial charge >= 0.3 is 0 Å². The number of aryl methyl sites for hydroxylation is 1. The Hall–Kier alpha value is -2.40. The highest BCUT2D eigenvalue weighted by Gasteiger charge is 2.23. The fraction of sp³-hybridized carbons (Fsp3) is 0.348. The maximum atomic E-state index is 12.4. The largest absolute Gasteiger partial charge is 0.348 e. The van der Waals surface area contributed by atoms with Gasteiger partial charge in [-0.3, -0.25) is 0 Å². The smallest absolute Gasteiger partial charge is 0.154 e. The molecule has 0 atom stereocenters. The summed E-state index contributed by atoms with van der Waals surface area (Å²) in [7, 11) is -3.08. The van der Waals surface area contributed by atoms with E-state index in [1.54, 1.807) is 6.33 Å². The molecule has 2 aromatic carbocycles. The number of hydrogen-bond acceptors (Lipinski definition) is 3. The molecule has 1 aliphatic rings. The lowest BCUT2D eigenvalue weighted by Gasteiger charge is -2.07. The van der Waals surface area contributed by atoms with Crippen molar-refractivity contribution in [3.8, 4) is 0 Å². The zero-order valence-corrected chi connectivity index (χ0v) is 16.8. The molecule has 0 unspecified atom stereocenters. The van der Waals surface area contributed by atoms with Crippen molar-refractivity contribution in [2.75, 3.05) is 5.75 Å². The van der Waals surface area contributed by atoms with Crippen LogP contribution in [0.4, 0.5) is 0 Å². The molecule has 0 saturated heterocycles. The summed E-state index contributed by atoms with van der Waals surface area (Å²) in [5.41, 5.74) is 5.72. The zero-order valence-electron chi connectivity index (χ0n) is 16.0. The number of H-pyrrole nitrogens is 1. The highest BCUT2D eigenvalue weighted by Crippen LogP contribution is 2.39. The second-order valence-electron chi connectivity index (χ2n) is 7.78. The first kappa shape index (κ1) is 18.9. The predicted molar refractivity (Wildman–Crippen MR) is 112 cm³/mol. The van der Waals surface area contributed by atoms with Crippen molar-refractivity contribution in [2.24, 2.45) is 0 Å². The molecule has 1 aliphatic carbocycles. The molecule has 0 radical (unpaired) electrons. The maximum Gasteiger partial charge on any atom is 0.154 e. The predicted octanol–water partition coefficient (Wildman–Crippen LogP) is 4.43. The molecule has 0 bridgehead atoms. The van der Waals surface area contributed by atoms with E-state index in [4.69, 9.17) is 0 Å². The summed E-state index contributed by atoms with van der Waals surface area (Å²) in [4.78, 5) is 7.14. The van der Waals surface area contributed by atoms with Gasteiger partial charge in [0.2, 0.25) is 0 Å². The van der Waals surface area contributed by atoms with Gasteiger partial charge in [-0.1, -0.05) is 48.5 Å². The van der Waals surface area contributed by atoms with Crippen LogP contribution in [-0.2, 0) is 28.4 Å². The van der Waals surface area contributed by atoms with Gasteiger partial charge in [0.15, 0.2) is 9.84 Å². The number of nitrogens with one attached hydrogen (secondary N) is 1. The Morgan fingerprint density at radius 3 is 2.25 bits per heavy atom. The summed E-state index contributed by atoms with van der Waals surface area (Å²) in [6.07, 6.45) is 8.31. The molecule has 0 amide bonds. The zero-order chi connectivity index (χ0) is 19.4. The van der Waals surface area contributed by atoms with Gasteiger partial charge < -0.3 is 4.98 Å². The second-order valence-corrected chi connectivity index (χ2v) is 9.97. The van der Waals surface area contributed by atoms with Gasteiger partial charge in [0.25, 0.3) is 0 Å². The Balaban J connectivity index is 1.25. The van der Waals surface area contributed by atoms with Gasteiger partial charge in [-0.25, -0.2) is 13.4 Å². The summed E-state index contributed by atoms with van der Waals surface area (Å²) in [5, 5.41) is 0. The van der Waals surface area contributed by atoms with Gasteiger partial charge in [0.1, 0.15) is 0 Å². The van der Waals surface area contributed by atoms with E-state index in [0.29, 0.717) is 12.3 Å². The number of sulfone groups is 1. The van der Waals surface area contributed by atoms with Gasteiger partial charge in [0, 0.05) is 18.3 Å². The summed E-state index contributed by atoms with van der Waals surface area (Å²) < 4.78 is 24.9. The topological polar surface area (TPSA) is 62.8 Å². The number of imidazole rings is 1. The maximum absolute atomic E-state index is 12.4. The normalized spacial score (nSPS) is 14.3. The fourth-order valence-electron chi connectivity index (χ4n) is 3.55. The average Bonchev–Trinajstić information content (AvgIpc) is 3.40. The molecule has 1 N–H and O–H groups in total. The van der Waals surface area contributed by atoms with Crippen molar-refractivity contribution in [2.45, 2.75) is 43.8 Å². The molecular formula is C23H26N2O2S. The van der Waals surface area contributed by atoms with E-state index < -0.39 is 9.84 Å². The monoisotopic (exact) mass is 394 g/mol. The van der Waals surface area contributed by atoms with Crippen LogP contribution in [0.2, 0.25) is 0 Å². The lowest BCUT2D eigenvalue weighted by Crippen LogP contribution is -2.10. The highest BCUT2D eigenvalue weighted by atomic mass is 32.2. The number of aromatic nitrogens is 2. The van der Waals surface area contributed by atoms with Gasteiger partial charge in [-0.2, -0.15) is 0 Å². The van der Waals surface area contributed by atoms with E-state index in [2.05, 4.69) is 46.4 Å². The van der Waals surface area contributed by atoms with Crippen LogP contribution in [0.5, 0.6) is 0 Å². The Morgan fingerprint density at radius 2 is 1.61 bits per heavy atom. The quantitative estimate of drug-likeness (QED) is 0.584. The summed E-state index contributed by atoms with van der Waals surface area (Å²) in [6, 6.07) is 16.5. The van der Waals surface area contributed by atoms with Crippen molar-refractivity contribution in [3.05, 3.63) is 89.0 Å². The lowest BCUT2D eigenvalue weighted by atomic mass is 10.1. The Morgan fingerprint density at radius 1 is 0.929 bits per heavy atom. The molecule has 1 saturated carbocycles. The van der Waals surface area contributed by atoms with Crippen molar-refractivity contribution in [1.82, 2.24) is 9.97 Å². The molecule has 0 spiro atoms. The molecule has 1 heterocycles. The first-order valence-corrected chi connectivity index (χ1v) is 11.7. The summed E-state index contributed by atoms with van der Waals surface area (Å²) in [6.45, 7) is 0. The SMILES string of the molecule is O=S(=O)(CCCc1ccc(Cc2cnc[nH]2)cc1)Cc1ccc(C2CC2)cc1. The van der Waals surface area contributed by atoms with Crippen LogP contribution in [0.25, 0.3) is 0 Å². The molecule has 5 heteroatoms. The van der Waals surface area contributed by atoms with E-state index in [9.17, 15) is 8.42 Å². The lowest BCUT2D eigenvalue weighted by molar-refractivity contribution is 0.592. The molecule has 4 rings (SSSR count). The van der Waals surface area contributed by atoms with Crippen LogP contribution in [0, 0.1) is 0 Å². The molecule has 4 nitrogen and oxygen atoms in total. The van der Waals surface area contributed by atoms with Crippen molar-refractivity contribution in [1.29, 1.82) is 0 Å². The molecule has 0 aliphatic heterocycles. The van der Waals surface area contributed by atoms with Crippen molar-refractivity contribution < 1.29 is 8.42 Å². The number of rotatable bonds is 9. The van der Waals surface area contributed by atoms with Crippen LogP contribution < -0.4 is 0 Å². The Bertz CT molecular complexity index is 988. The summed E-state index contributed by atoms with van der Waals surface area (Å²) >= 11 is 0. The molecule has 1 aromatic heterocycles. The minimum absolute atomic E-state index is 0.140. The van der Waals surface area contributed by atoms with Crippen LogP contribution in [0.1, 0.15) is 53.1 Å². The average molecular weight is 395 g/mol. The van der Waals surface area contributed by atoms with E-state index in [-0.39, 0.29) is 11.5 Å². The third kappa shape index (κ3) is 5.32. The molecular weight excluding hydrogens is 368 g/mol. The summed E-state index contributed by atoms with van der Waals surface area (Å²) in [5.74, 6) is 1.07. The number of hydrogen-bond donors (Lipinski definition) is 1. The van der Waals surface area contributed by atoms with Crippen molar-refractivity contribution >= 4 is 9.84 Å². The minimum Gasteiger partial charge on any atom is -0.348 e. The van der Waals surface area contributed by atoms with Crippen LogP contribution in [-0.4, -0.2) is 24.1 Å². The van der Waals surface area contributed by atoms with Crippen LogP contribution in [0.3, 0.4) is 0 Å². The third-order valence-corrected chi connectivity index (χ3v) is 6.99. The highest BCUT2D eigenvalue weighted by molar-refractivity contribution is 7.90. The van der Waals surface area contributed by atoms with E-state index >= 15 is 0 Å². The first-order valence-electron chi connectivity index (χ1n) is 9.92. The Kier molecular flexibility index (Phi) is 5.62. The van der Waals surface area contributed by atoms with Crippen LogP contribution in [0.15, 0.2) is 61.1 Å². The number of benzene rings is 2. The Labute approximate surface area is 167 Å². The second kappa shape index (κ2) is 8.31. The van der Waals surface area contributed by atoms with Crippen molar-refractivity contribution in [3.63, 3.8) is 0 Å². The fourth-order valence-corrected chi connectivity index (χ4v) is 4.98. The molecule has 1 fully saturated rings. The number of aromatic amines is 1. The van der Waals surface area contributed by atoms with E-state index in [1.165, 1.54) is 29.5 Å². The first-order chi connectivity index (χ1) is 13.6. The van der Waals surface area contributed by atoms with Crippen LogP contribution >= 0.6 is 0 Å². The third-order valence-electron chi connectivity index (χ3n) is 5.31. The molecule has 3 aromatic rings. The standard InChI is InChI=1S/C23H26N2O2S/c26-28(27,16-20-7-9-21(10-8-20)22-11-12-22)13-1-2-18-3-5-19(6-4-18)14-23-15-24-17-25-23/h3-10,15,17,22H,1-2,11-14,16H2,(H,24,25). The number of nitrogens with zero attached hydrogens (tertiary/aromatic N) is 1. The molecule has 146 valence electrons. The van der Waals surface area contributed by atoms with E-state index in [0.717, 1.165) is 24.1 Å². The minimum atomic E-state index is -3.08.